The summed E-state index contributed by atoms with van der Waals surface area (Å²) >= 11 is 5.93. The molecule has 130 valence electrons. The SMILES string of the molecule is C[C@H]1CCCCN1Cc1cc(=O)n2[nH]c(-c3ccc(Cl)cc3)nc2n1. The van der Waals surface area contributed by atoms with E-state index < -0.39 is 0 Å². The molecule has 25 heavy (non-hydrogen) atoms. The molecule has 0 radical (unpaired) electrons. The largest absolute Gasteiger partial charge is 0.295 e. The molecule has 1 aromatic carbocycles. The molecule has 1 atom stereocenters. The van der Waals surface area contributed by atoms with E-state index in [2.05, 4.69) is 26.9 Å². The normalized spacial score (nSPS) is 18.7. The van der Waals surface area contributed by atoms with Gasteiger partial charge in [0.05, 0.1) is 5.69 Å². The maximum Gasteiger partial charge on any atom is 0.274 e. The maximum absolute atomic E-state index is 12.4. The van der Waals surface area contributed by atoms with E-state index in [1.165, 1.54) is 23.8 Å². The van der Waals surface area contributed by atoms with Crippen molar-refractivity contribution in [2.45, 2.75) is 38.8 Å². The monoisotopic (exact) mass is 357 g/mol. The first-order chi connectivity index (χ1) is 12.1. The fourth-order valence-electron chi connectivity index (χ4n) is 3.35. The number of halogens is 1. The topological polar surface area (TPSA) is 66.3 Å². The molecule has 0 saturated carbocycles. The number of piperidine rings is 1. The van der Waals surface area contributed by atoms with E-state index in [4.69, 9.17) is 11.6 Å². The summed E-state index contributed by atoms with van der Waals surface area (Å²) in [6.07, 6.45) is 3.68. The second kappa shape index (κ2) is 6.61. The number of aromatic amines is 1. The van der Waals surface area contributed by atoms with E-state index in [-0.39, 0.29) is 5.56 Å². The number of aromatic nitrogens is 4. The van der Waals surface area contributed by atoms with Crippen LogP contribution < -0.4 is 5.56 Å². The van der Waals surface area contributed by atoms with Gasteiger partial charge in [0.25, 0.3) is 11.3 Å². The summed E-state index contributed by atoms with van der Waals surface area (Å²) in [6.45, 7) is 3.98. The molecule has 0 bridgehead atoms. The highest BCUT2D eigenvalue weighted by atomic mass is 35.5. The van der Waals surface area contributed by atoms with Gasteiger partial charge in [0.15, 0.2) is 5.82 Å². The third-order valence-electron chi connectivity index (χ3n) is 4.81. The van der Waals surface area contributed by atoms with Gasteiger partial charge in [-0.15, -0.1) is 0 Å². The van der Waals surface area contributed by atoms with Gasteiger partial charge in [-0.25, -0.2) is 4.98 Å². The van der Waals surface area contributed by atoms with Crippen molar-refractivity contribution in [1.29, 1.82) is 0 Å². The number of rotatable bonds is 3. The van der Waals surface area contributed by atoms with Crippen LogP contribution in [0.2, 0.25) is 5.02 Å². The lowest BCUT2D eigenvalue weighted by Gasteiger charge is -2.32. The summed E-state index contributed by atoms with van der Waals surface area (Å²) in [5.41, 5.74) is 1.49. The quantitative estimate of drug-likeness (QED) is 0.782. The van der Waals surface area contributed by atoms with Crippen molar-refractivity contribution >= 4 is 17.4 Å². The molecule has 1 fully saturated rings. The Labute approximate surface area is 150 Å². The van der Waals surface area contributed by atoms with Gasteiger partial charge in [0.2, 0.25) is 0 Å². The van der Waals surface area contributed by atoms with Crippen LogP contribution in [0.5, 0.6) is 0 Å². The maximum atomic E-state index is 12.4. The van der Waals surface area contributed by atoms with Crippen LogP contribution in [0.4, 0.5) is 0 Å². The Balaban J connectivity index is 1.67. The number of fused-ring (bicyclic) bond motifs is 1. The molecule has 7 heteroatoms. The number of nitrogens with zero attached hydrogens (tertiary/aromatic N) is 4. The predicted molar refractivity (Wildman–Crippen MR) is 97.8 cm³/mol. The summed E-state index contributed by atoms with van der Waals surface area (Å²) in [7, 11) is 0. The average molecular weight is 358 g/mol. The predicted octanol–water partition coefficient (Wildman–Crippen LogP) is 3.11. The molecule has 1 saturated heterocycles. The smallest absolute Gasteiger partial charge is 0.274 e. The van der Waals surface area contributed by atoms with Crippen LogP contribution >= 0.6 is 11.6 Å². The summed E-state index contributed by atoms with van der Waals surface area (Å²) in [4.78, 5) is 23.9. The minimum Gasteiger partial charge on any atom is -0.295 e. The van der Waals surface area contributed by atoms with E-state index >= 15 is 0 Å². The first-order valence-electron chi connectivity index (χ1n) is 8.59. The number of hydrogen-bond donors (Lipinski definition) is 1. The lowest BCUT2D eigenvalue weighted by Crippen LogP contribution is -2.37. The Morgan fingerprint density at radius 2 is 2.04 bits per heavy atom. The molecule has 0 amide bonds. The summed E-state index contributed by atoms with van der Waals surface area (Å²) < 4.78 is 1.38. The van der Waals surface area contributed by atoms with Crippen LogP contribution in [0, 0.1) is 0 Å². The number of hydrogen-bond acceptors (Lipinski definition) is 4. The van der Waals surface area contributed by atoms with Crippen molar-refractivity contribution in [3.63, 3.8) is 0 Å². The van der Waals surface area contributed by atoms with Crippen LogP contribution in [0.1, 0.15) is 31.9 Å². The van der Waals surface area contributed by atoms with Gasteiger partial charge in [-0.05, 0) is 50.6 Å². The zero-order chi connectivity index (χ0) is 17.4. The van der Waals surface area contributed by atoms with Crippen LogP contribution in [0.15, 0.2) is 35.1 Å². The molecule has 0 aliphatic carbocycles. The van der Waals surface area contributed by atoms with E-state index in [9.17, 15) is 4.79 Å². The highest BCUT2D eigenvalue weighted by Crippen LogP contribution is 2.20. The Morgan fingerprint density at radius 1 is 1.24 bits per heavy atom. The zero-order valence-corrected chi connectivity index (χ0v) is 14.8. The fraction of sp³-hybridized carbons (Fsp3) is 0.389. The molecule has 3 heterocycles. The van der Waals surface area contributed by atoms with Gasteiger partial charge in [-0.1, -0.05) is 18.0 Å². The van der Waals surface area contributed by atoms with E-state index in [1.807, 2.05) is 12.1 Å². The number of likely N-dealkylation sites (tertiary alicyclic amines) is 1. The van der Waals surface area contributed by atoms with Crippen LogP contribution in [0.3, 0.4) is 0 Å². The van der Waals surface area contributed by atoms with Crippen LogP contribution in [-0.2, 0) is 6.54 Å². The van der Waals surface area contributed by atoms with E-state index in [0.717, 1.165) is 17.8 Å². The van der Waals surface area contributed by atoms with Crippen molar-refractivity contribution in [1.82, 2.24) is 24.5 Å². The molecular formula is C18H20ClN5O. The third kappa shape index (κ3) is 3.32. The van der Waals surface area contributed by atoms with Gasteiger partial charge in [-0.2, -0.15) is 9.50 Å². The minimum atomic E-state index is -0.141. The number of benzene rings is 1. The van der Waals surface area contributed by atoms with E-state index in [1.54, 1.807) is 18.2 Å². The van der Waals surface area contributed by atoms with Crippen LogP contribution in [-0.4, -0.2) is 37.1 Å². The molecule has 0 unspecified atom stereocenters. The van der Waals surface area contributed by atoms with Gasteiger partial charge in [-0.3, -0.25) is 14.8 Å². The Bertz CT molecular complexity index is 946. The third-order valence-corrected chi connectivity index (χ3v) is 5.06. The second-order valence-corrected chi connectivity index (χ2v) is 7.05. The summed E-state index contributed by atoms with van der Waals surface area (Å²) in [5, 5.41) is 3.67. The van der Waals surface area contributed by atoms with Gasteiger partial charge in [0, 0.05) is 29.2 Å². The average Bonchev–Trinajstić information content (AvgIpc) is 3.02. The van der Waals surface area contributed by atoms with Crippen molar-refractivity contribution in [2.75, 3.05) is 6.54 Å². The Kier molecular flexibility index (Phi) is 4.31. The molecule has 1 aliphatic rings. The van der Waals surface area contributed by atoms with Gasteiger partial charge < -0.3 is 0 Å². The van der Waals surface area contributed by atoms with Crippen molar-refractivity contribution in [3.8, 4) is 11.4 Å². The van der Waals surface area contributed by atoms with Crippen LogP contribution in [0.25, 0.3) is 17.2 Å². The van der Waals surface area contributed by atoms with Gasteiger partial charge >= 0.3 is 0 Å². The first-order valence-corrected chi connectivity index (χ1v) is 8.96. The molecule has 1 N–H and O–H groups in total. The molecule has 6 nitrogen and oxygen atoms in total. The lowest BCUT2D eigenvalue weighted by molar-refractivity contribution is 0.151. The molecule has 1 aliphatic heterocycles. The second-order valence-electron chi connectivity index (χ2n) is 6.62. The summed E-state index contributed by atoms with van der Waals surface area (Å²) in [5.74, 6) is 1.00. The zero-order valence-electron chi connectivity index (χ0n) is 14.1. The van der Waals surface area contributed by atoms with Crippen molar-refractivity contribution in [2.24, 2.45) is 0 Å². The van der Waals surface area contributed by atoms with E-state index in [0.29, 0.717) is 29.2 Å². The molecule has 0 spiro atoms. The highest BCUT2D eigenvalue weighted by Gasteiger charge is 2.19. The van der Waals surface area contributed by atoms with Crippen molar-refractivity contribution < 1.29 is 0 Å². The standard InChI is InChI=1S/C18H20ClN5O/c1-12-4-2-3-9-23(12)11-15-10-16(25)24-18(20-15)21-17(22-24)13-5-7-14(19)8-6-13/h5-8,10,12H,2-4,9,11H2,1H3,(H,20,21,22)/t12-/m0/s1. The number of nitrogens with one attached hydrogen (secondary N) is 1. The molecular weight excluding hydrogens is 338 g/mol. The Hall–Kier alpha value is -2.18. The molecule has 3 aromatic rings. The van der Waals surface area contributed by atoms with Crippen molar-refractivity contribution in [3.05, 3.63) is 51.4 Å². The fourth-order valence-corrected chi connectivity index (χ4v) is 3.47. The molecule has 2 aromatic heterocycles. The summed E-state index contributed by atoms with van der Waals surface area (Å²) in [6, 6.07) is 9.44. The minimum absolute atomic E-state index is 0.141. The Morgan fingerprint density at radius 3 is 2.80 bits per heavy atom. The van der Waals surface area contributed by atoms with Gasteiger partial charge in [0.1, 0.15) is 0 Å². The first kappa shape index (κ1) is 16.3. The molecule has 4 rings (SSSR count). The highest BCUT2D eigenvalue weighted by molar-refractivity contribution is 6.30. The number of H-pyrrole nitrogens is 1. The lowest BCUT2D eigenvalue weighted by atomic mass is 10.0.